The van der Waals surface area contributed by atoms with Crippen molar-refractivity contribution in [3.63, 3.8) is 0 Å². The summed E-state index contributed by atoms with van der Waals surface area (Å²) in [4.78, 5) is 25.7. The van der Waals surface area contributed by atoms with Crippen molar-refractivity contribution in [2.75, 3.05) is 5.32 Å². The number of nitriles is 1. The monoisotopic (exact) mass is 394 g/mol. The molecule has 3 heterocycles. The zero-order valence-electron chi connectivity index (χ0n) is 16.3. The molecule has 2 aromatic heterocycles. The number of rotatable bonds is 3. The SMILES string of the molecule is Cc1ncc(NC(=O)c2ccc(C#N)cn2)cc1[C@]1(C)CC(C)(C)SC(N)=N1. The normalized spacial score (nSPS) is 20.8. The first kappa shape index (κ1) is 19.8. The van der Waals surface area contributed by atoms with Gasteiger partial charge in [-0.3, -0.25) is 14.8 Å². The molecule has 0 aliphatic carbocycles. The van der Waals surface area contributed by atoms with Crippen LogP contribution < -0.4 is 11.1 Å². The van der Waals surface area contributed by atoms with E-state index >= 15 is 0 Å². The number of aliphatic imine (C=N–C) groups is 1. The molecule has 1 amide bonds. The molecule has 0 unspecified atom stereocenters. The van der Waals surface area contributed by atoms with Gasteiger partial charge in [0.1, 0.15) is 11.8 Å². The number of thioether (sulfide) groups is 1. The van der Waals surface area contributed by atoms with E-state index in [9.17, 15) is 4.79 Å². The maximum absolute atomic E-state index is 12.5. The molecule has 0 fully saturated rings. The van der Waals surface area contributed by atoms with Gasteiger partial charge in [0.25, 0.3) is 5.91 Å². The van der Waals surface area contributed by atoms with Crippen molar-refractivity contribution in [2.45, 2.75) is 44.4 Å². The molecular weight excluding hydrogens is 372 g/mol. The fourth-order valence-corrected chi connectivity index (χ4v) is 4.71. The lowest BCUT2D eigenvalue weighted by atomic mass is 9.83. The van der Waals surface area contributed by atoms with Crippen LogP contribution in [0.15, 0.2) is 35.6 Å². The molecule has 0 spiro atoms. The van der Waals surface area contributed by atoms with Gasteiger partial charge >= 0.3 is 0 Å². The van der Waals surface area contributed by atoms with Crippen LogP contribution in [0, 0.1) is 18.3 Å². The molecule has 8 heteroatoms. The van der Waals surface area contributed by atoms with Gasteiger partial charge in [-0.1, -0.05) is 25.6 Å². The predicted octanol–water partition coefficient (Wildman–Crippen LogP) is 3.35. The number of hydrogen-bond donors (Lipinski definition) is 2. The molecule has 1 aliphatic heterocycles. The van der Waals surface area contributed by atoms with E-state index in [4.69, 9.17) is 16.0 Å². The summed E-state index contributed by atoms with van der Waals surface area (Å²) < 4.78 is -0.0569. The molecule has 144 valence electrons. The number of pyridine rings is 2. The Morgan fingerprint density at radius 2 is 2.04 bits per heavy atom. The van der Waals surface area contributed by atoms with E-state index in [1.54, 1.807) is 24.0 Å². The summed E-state index contributed by atoms with van der Waals surface area (Å²) in [5, 5.41) is 12.2. The van der Waals surface area contributed by atoms with Crippen LogP contribution in [0.3, 0.4) is 0 Å². The number of aromatic nitrogens is 2. The number of nitrogens with zero attached hydrogens (tertiary/aromatic N) is 4. The smallest absolute Gasteiger partial charge is 0.274 e. The fourth-order valence-electron chi connectivity index (χ4n) is 3.55. The molecule has 0 saturated heterocycles. The van der Waals surface area contributed by atoms with Crippen molar-refractivity contribution in [1.29, 1.82) is 5.26 Å². The number of carbonyl (C=O) groups excluding carboxylic acids is 1. The van der Waals surface area contributed by atoms with Gasteiger partial charge in [-0.15, -0.1) is 0 Å². The minimum absolute atomic E-state index is 0.0569. The van der Waals surface area contributed by atoms with Gasteiger partial charge in [-0.25, -0.2) is 4.98 Å². The standard InChI is InChI=1S/C20H22N6OS/c1-12-15(20(4)11-19(2,3)28-18(22)26-20)7-14(10-23-12)25-17(27)16-6-5-13(8-21)9-24-16/h5-7,9-10H,11H2,1-4H3,(H2,22,26)(H,25,27)/t20-/m0/s1. The summed E-state index contributed by atoms with van der Waals surface area (Å²) in [5.41, 5.74) is 8.51. The molecule has 2 aromatic rings. The molecule has 1 atom stereocenters. The van der Waals surface area contributed by atoms with Crippen LogP contribution in [-0.4, -0.2) is 25.8 Å². The van der Waals surface area contributed by atoms with Gasteiger partial charge in [-0.05, 0) is 38.5 Å². The number of carbonyl (C=O) groups is 1. The van der Waals surface area contributed by atoms with E-state index in [1.807, 2.05) is 26.0 Å². The molecule has 0 bridgehead atoms. The van der Waals surface area contributed by atoms with Crippen LogP contribution in [0.2, 0.25) is 0 Å². The van der Waals surface area contributed by atoms with Gasteiger partial charge in [0.15, 0.2) is 5.17 Å². The Bertz CT molecular complexity index is 993. The highest BCUT2D eigenvalue weighted by molar-refractivity contribution is 8.15. The van der Waals surface area contributed by atoms with E-state index in [1.165, 1.54) is 12.3 Å². The summed E-state index contributed by atoms with van der Waals surface area (Å²) >= 11 is 1.57. The third-order valence-corrected chi connectivity index (χ3v) is 5.56. The number of amides is 1. The van der Waals surface area contributed by atoms with Gasteiger partial charge in [0, 0.05) is 22.2 Å². The Morgan fingerprint density at radius 1 is 1.29 bits per heavy atom. The fraction of sp³-hybridized carbons (Fsp3) is 0.350. The van der Waals surface area contributed by atoms with Crippen molar-refractivity contribution in [3.05, 3.63) is 53.1 Å². The van der Waals surface area contributed by atoms with Crippen LogP contribution in [0.1, 0.15) is 54.5 Å². The highest BCUT2D eigenvalue weighted by Crippen LogP contribution is 2.45. The second-order valence-corrected chi connectivity index (χ2v) is 9.35. The Kier molecular flexibility index (Phi) is 5.13. The third kappa shape index (κ3) is 4.15. The maximum atomic E-state index is 12.5. The quantitative estimate of drug-likeness (QED) is 0.824. The molecular formula is C20H22N6OS. The first-order valence-corrected chi connectivity index (χ1v) is 9.62. The maximum Gasteiger partial charge on any atom is 0.274 e. The van der Waals surface area contributed by atoms with Crippen LogP contribution >= 0.6 is 11.8 Å². The second kappa shape index (κ2) is 7.24. The third-order valence-electron chi connectivity index (χ3n) is 4.56. The molecule has 0 aromatic carbocycles. The van der Waals surface area contributed by atoms with Gasteiger partial charge < -0.3 is 11.1 Å². The summed E-state index contributed by atoms with van der Waals surface area (Å²) in [5.74, 6) is -0.367. The largest absolute Gasteiger partial charge is 0.378 e. The van der Waals surface area contributed by atoms with Gasteiger partial charge in [0.05, 0.1) is 23.0 Å². The van der Waals surface area contributed by atoms with E-state index in [0.717, 1.165) is 17.7 Å². The van der Waals surface area contributed by atoms with E-state index in [0.29, 0.717) is 16.4 Å². The van der Waals surface area contributed by atoms with Crippen LogP contribution in [0.5, 0.6) is 0 Å². The molecule has 1 aliphatic rings. The second-order valence-electron chi connectivity index (χ2n) is 7.62. The number of nitrogens with one attached hydrogen (secondary N) is 1. The van der Waals surface area contributed by atoms with Gasteiger partial charge in [-0.2, -0.15) is 5.26 Å². The number of aryl methyl sites for hydroxylation is 1. The van der Waals surface area contributed by atoms with Gasteiger partial charge in [0.2, 0.25) is 0 Å². The van der Waals surface area contributed by atoms with Crippen LogP contribution in [-0.2, 0) is 5.54 Å². The Labute approximate surface area is 168 Å². The molecule has 0 radical (unpaired) electrons. The summed E-state index contributed by atoms with van der Waals surface area (Å²) in [6, 6.07) is 6.95. The number of anilines is 1. The summed E-state index contributed by atoms with van der Waals surface area (Å²) in [7, 11) is 0. The lowest BCUT2D eigenvalue weighted by Gasteiger charge is -2.39. The predicted molar refractivity (Wildman–Crippen MR) is 111 cm³/mol. The van der Waals surface area contributed by atoms with E-state index in [2.05, 4.69) is 29.1 Å². The van der Waals surface area contributed by atoms with Crippen molar-refractivity contribution in [3.8, 4) is 6.07 Å². The summed E-state index contributed by atoms with van der Waals surface area (Å²) in [6.07, 6.45) is 3.77. The number of amidine groups is 1. The molecule has 28 heavy (non-hydrogen) atoms. The lowest BCUT2D eigenvalue weighted by Crippen LogP contribution is -2.38. The van der Waals surface area contributed by atoms with Crippen LogP contribution in [0.25, 0.3) is 0 Å². The first-order chi connectivity index (χ1) is 13.1. The number of nitrogens with two attached hydrogens (primary N) is 1. The lowest BCUT2D eigenvalue weighted by molar-refractivity contribution is 0.102. The van der Waals surface area contributed by atoms with Crippen LogP contribution in [0.4, 0.5) is 5.69 Å². The summed E-state index contributed by atoms with van der Waals surface area (Å²) in [6.45, 7) is 8.25. The topological polar surface area (TPSA) is 117 Å². The highest BCUT2D eigenvalue weighted by atomic mass is 32.2. The average Bonchev–Trinajstić information content (AvgIpc) is 2.61. The van der Waals surface area contributed by atoms with Crippen molar-refractivity contribution in [2.24, 2.45) is 10.7 Å². The molecule has 3 N–H and O–H groups in total. The van der Waals surface area contributed by atoms with E-state index in [-0.39, 0.29) is 16.3 Å². The molecule has 3 rings (SSSR count). The zero-order chi connectivity index (χ0) is 20.5. The van der Waals surface area contributed by atoms with Crippen molar-refractivity contribution in [1.82, 2.24) is 9.97 Å². The Morgan fingerprint density at radius 3 is 2.64 bits per heavy atom. The minimum atomic E-state index is -0.524. The molecule has 0 saturated carbocycles. The molecule has 7 nitrogen and oxygen atoms in total. The van der Waals surface area contributed by atoms with E-state index < -0.39 is 5.54 Å². The Balaban J connectivity index is 1.90. The first-order valence-electron chi connectivity index (χ1n) is 8.81. The van der Waals surface area contributed by atoms with Crippen molar-refractivity contribution < 1.29 is 4.79 Å². The highest BCUT2D eigenvalue weighted by Gasteiger charge is 2.40. The van der Waals surface area contributed by atoms with Crippen molar-refractivity contribution >= 4 is 28.5 Å². The zero-order valence-corrected chi connectivity index (χ0v) is 17.1. The number of hydrogen-bond acceptors (Lipinski definition) is 7. The Hall–Kier alpha value is -2.92. The minimum Gasteiger partial charge on any atom is -0.378 e. The average molecular weight is 395 g/mol.